The summed E-state index contributed by atoms with van der Waals surface area (Å²) in [6, 6.07) is 27.9. The molecule has 5 rings (SSSR count). The van der Waals surface area contributed by atoms with Gasteiger partial charge in [-0.05, 0) is 42.0 Å². The molecule has 0 aliphatic rings. The van der Waals surface area contributed by atoms with Crippen molar-refractivity contribution in [3.05, 3.63) is 120 Å². The fourth-order valence-corrected chi connectivity index (χ4v) is 3.71. The van der Waals surface area contributed by atoms with Crippen molar-refractivity contribution in [2.75, 3.05) is 0 Å². The number of benzene rings is 2. The monoisotopic (exact) mass is 407 g/mol. The molecule has 0 saturated carbocycles. The van der Waals surface area contributed by atoms with Gasteiger partial charge in [0, 0.05) is 34.1 Å². The van der Waals surface area contributed by atoms with E-state index in [-0.39, 0.29) is 0 Å². The molecular formula is C26H18ClN3. The van der Waals surface area contributed by atoms with E-state index in [0.717, 1.165) is 45.0 Å². The van der Waals surface area contributed by atoms with Crippen LogP contribution < -0.4 is 0 Å². The number of pyridine rings is 2. The zero-order chi connectivity index (χ0) is 20.5. The quantitative estimate of drug-likeness (QED) is 0.328. The highest BCUT2D eigenvalue weighted by molar-refractivity contribution is 6.30. The van der Waals surface area contributed by atoms with Crippen molar-refractivity contribution in [2.24, 2.45) is 0 Å². The lowest BCUT2D eigenvalue weighted by Gasteiger charge is -2.09. The lowest BCUT2D eigenvalue weighted by molar-refractivity contribution is 1.18. The maximum absolute atomic E-state index is 6.09. The summed E-state index contributed by atoms with van der Waals surface area (Å²) in [6.45, 7) is 4.22. The second kappa shape index (κ2) is 7.62. The number of rotatable bonds is 4. The molecule has 0 unspecified atom stereocenters. The largest absolute Gasteiger partial charge is 0.299 e. The molecule has 4 heteroatoms. The molecule has 0 aliphatic carbocycles. The molecule has 144 valence electrons. The topological polar surface area (TPSA) is 30.2 Å². The van der Waals surface area contributed by atoms with Crippen LogP contribution in [0.4, 0.5) is 0 Å². The van der Waals surface area contributed by atoms with Crippen LogP contribution in [0.15, 0.2) is 104 Å². The molecule has 3 heterocycles. The van der Waals surface area contributed by atoms with Gasteiger partial charge in [-0.3, -0.25) is 9.38 Å². The predicted molar refractivity (Wildman–Crippen MR) is 123 cm³/mol. The Kier molecular flexibility index (Phi) is 4.66. The van der Waals surface area contributed by atoms with Crippen molar-refractivity contribution in [1.82, 2.24) is 14.4 Å². The highest BCUT2D eigenvalue weighted by atomic mass is 35.5. The van der Waals surface area contributed by atoms with Gasteiger partial charge in [0.15, 0.2) is 0 Å². The Morgan fingerprint density at radius 3 is 2.27 bits per heavy atom. The summed E-state index contributed by atoms with van der Waals surface area (Å²) in [5.74, 6) is 0. The summed E-state index contributed by atoms with van der Waals surface area (Å²) in [6.07, 6.45) is 3.91. The van der Waals surface area contributed by atoms with E-state index in [1.165, 1.54) is 0 Å². The van der Waals surface area contributed by atoms with Crippen LogP contribution in [0.3, 0.4) is 0 Å². The first-order valence-corrected chi connectivity index (χ1v) is 10.0. The molecular weight excluding hydrogens is 390 g/mol. The van der Waals surface area contributed by atoms with Gasteiger partial charge in [-0.15, -0.1) is 0 Å². The van der Waals surface area contributed by atoms with E-state index in [0.29, 0.717) is 5.02 Å². The van der Waals surface area contributed by atoms with Crippen LogP contribution in [0, 0.1) is 0 Å². The van der Waals surface area contributed by atoms with Gasteiger partial charge >= 0.3 is 0 Å². The predicted octanol–water partition coefficient (Wildman–Crippen LogP) is 6.78. The van der Waals surface area contributed by atoms with E-state index >= 15 is 0 Å². The van der Waals surface area contributed by atoms with E-state index in [2.05, 4.69) is 17.0 Å². The normalized spacial score (nSPS) is 11.0. The third-order valence-corrected chi connectivity index (χ3v) is 5.37. The lowest BCUT2D eigenvalue weighted by Crippen LogP contribution is -1.93. The van der Waals surface area contributed by atoms with Crippen molar-refractivity contribution in [3.63, 3.8) is 0 Å². The van der Waals surface area contributed by atoms with Crippen molar-refractivity contribution in [2.45, 2.75) is 0 Å². The van der Waals surface area contributed by atoms with Gasteiger partial charge in [-0.2, -0.15) is 0 Å². The van der Waals surface area contributed by atoms with E-state index in [1.54, 1.807) is 0 Å². The Morgan fingerprint density at radius 1 is 0.800 bits per heavy atom. The summed E-state index contributed by atoms with van der Waals surface area (Å²) in [5.41, 5.74) is 7.60. The van der Waals surface area contributed by atoms with E-state index in [9.17, 15) is 0 Å². The number of hydrogen-bond acceptors (Lipinski definition) is 2. The molecule has 0 fully saturated rings. The smallest absolute Gasteiger partial charge is 0.137 e. The summed E-state index contributed by atoms with van der Waals surface area (Å²) in [4.78, 5) is 9.57. The fourth-order valence-electron chi connectivity index (χ4n) is 3.58. The number of halogens is 1. The molecule has 3 nitrogen and oxygen atoms in total. The van der Waals surface area contributed by atoms with Gasteiger partial charge in [0.05, 0.1) is 17.1 Å². The van der Waals surface area contributed by atoms with E-state index < -0.39 is 0 Å². The van der Waals surface area contributed by atoms with E-state index in [1.807, 2.05) is 91.3 Å². The average Bonchev–Trinajstić information content (AvgIpc) is 3.19. The Labute approximate surface area is 180 Å². The Balaban J connectivity index is 1.61. The average molecular weight is 408 g/mol. The van der Waals surface area contributed by atoms with Crippen LogP contribution in [0.25, 0.3) is 33.7 Å². The van der Waals surface area contributed by atoms with Crippen LogP contribution in [0.5, 0.6) is 0 Å². The molecule has 0 amide bonds. The molecule has 0 spiro atoms. The summed E-state index contributed by atoms with van der Waals surface area (Å²) >= 11 is 6.09. The number of fused-ring (bicyclic) bond motifs is 1. The van der Waals surface area contributed by atoms with Crippen molar-refractivity contribution < 1.29 is 0 Å². The maximum Gasteiger partial charge on any atom is 0.137 e. The Hall–Kier alpha value is -3.69. The fraction of sp³-hybridized carbons (Fsp3) is 0. The second-order valence-electron chi connectivity index (χ2n) is 7.02. The van der Waals surface area contributed by atoms with Gasteiger partial charge in [0.1, 0.15) is 5.65 Å². The second-order valence-corrected chi connectivity index (χ2v) is 7.46. The van der Waals surface area contributed by atoms with Gasteiger partial charge in [-0.1, -0.05) is 66.7 Å². The lowest BCUT2D eigenvalue weighted by atomic mass is 10.0. The van der Waals surface area contributed by atoms with Crippen LogP contribution in [0.1, 0.15) is 11.3 Å². The molecule has 0 aliphatic heterocycles. The van der Waals surface area contributed by atoms with Crippen LogP contribution in [-0.2, 0) is 0 Å². The third-order valence-electron chi connectivity index (χ3n) is 5.12. The van der Waals surface area contributed by atoms with Gasteiger partial charge < -0.3 is 0 Å². The molecule has 0 N–H and O–H groups in total. The number of aromatic nitrogens is 3. The van der Waals surface area contributed by atoms with Gasteiger partial charge in [0.25, 0.3) is 0 Å². The third kappa shape index (κ3) is 3.30. The van der Waals surface area contributed by atoms with Gasteiger partial charge in [0.2, 0.25) is 0 Å². The first-order chi connectivity index (χ1) is 14.7. The Morgan fingerprint density at radius 2 is 1.53 bits per heavy atom. The molecule has 3 aromatic heterocycles. The number of imidazole rings is 1. The van der Waals surface area contributed by atoms with Crippen LogP contribution in [-0.4, -0.2) is 14.4 Å². The maximum atomic E-state index is 6.09. The van der Waals surface area contributed by atoms with Crippen molar-refractivity contribution >= 4 is 22.8 Å². The minimum absolute atomic E-state index is 0.703. The highest BCUT2D eigenvalue weighted by Gasteiger charge is 2.16. The molecule has 0 radical (unpaired) electrons. The first-order valence-electron chi connectivity index (χ1n) is 9.65. The molecule has 0 atom stereocenters. The van der Waals surface area contributed by atoms with Crippen LogP contribution >= 0.6 is 11.6 Å². The molecule has 30 heavy (non-hydrogen) atoms. The van der Waals surface area contributed by atoms with Crippen LogP contribution in [0.2, 0.25) is 5.02 Å². The SMILES string of the molecule is C=C(c1ccccc1)c1ccc(-c2c(-c3ccc(Cl)cc3)nc3ccccn23)cn1. The zero-order valence-corrected chi connectivity index (χ0v) is 16.9. The summed E-state index contributed by atoms with van der Waals surface area (Å²) in [5, 5.41) is 0.703. The molecule has 2 aromatic carbocycles. The standard InChI is InChI=1S/C26H18ClN3/c1-18(19-7-3-2-4-8-19)23-15-12-21(17-28-23)26-25(20-10-13-22(27)14-11-20)29-24-9-5-6-16-30(24)26/h2-17H,1H2. The summed E-state index contributed by atoms with van der Waals surface area (Å²) in [7, 11) is 0. The van der Waals surface area contributed by atoms with Crippen molar-refractivity contribution in [3.8, 4) is 22.5 Å². The summed E-state index contributed by atoms with van der Waals surface area (Å²) < 4.78 is 2.09. The molecule has 5 aromatic rings. The zero-order valence-electron chi connectivity index (χ0n) is 16.2. The van der Waals surface area contributed by atoms with Gasteiger partial charge in [-0.25, -0.2) is 4.98 Å². The highest BCUT2D eigenvalue weighted by Crippen LogP contribution is 2.33. The van der Waals surface area contributed by atoms with E-state index in [4.69, 9.17) is 21.6 Å². The number of hydrogen-bond donors (Lipinski definition) is 0. The van der Waals surface area contributed by atoms with Crippen molar-refractivity contribution in [1.29, 1.82) is 0 Å². The Bertz CT molecular complexity index is 1340. The molecule has 0 saturated heterocycles. The minimum Gasteiger partial charge on any atom is -0.299 e. The minimum atomic E-state index is 0.703. The number of nitrogens with zero attached hydrogens (tertiary/aromatic N) is 3. The first kappa shape index (κ1) is 18.3. The molecule has 0 bridgehead atoms.